The molecule has 0 bridgehead atoms. The summed E-state index contributed by atoms with van der Waals surface area (Å²) in [6.07, 6.45) is 3.43. The van der Waals surface area contributed by atoms with Crippen LogP contribution >= 0.6 is 53.4 Å². The van der Waals surface area contributed by atoms with Gasteiger partial charge in [-0.25, -0.2) is 9.59 Å². The van der Waals surface area contributed by atoms with E-state index in [0.717, 1.165) is 0 Å². The Morgan fingerprint density at radius 1 is 0.909 bits per heavy atom. The lowest BCUT2D eigenvalue weighted by Crippen LogP contribution is -2.11. The molecule has 0 N–H and O–H groups in total. The van der Waals surface area contributed by atoms with Gasteiger partial charge in [-0.05, 0) is 26.0 Å². The highest BCUT2D eigenvalue weighted by Gasteiger charge is 2.29. The van der Waals surface area contributed by atoms with Crippen LogP contribution < -0.4 is 0 Å². The molecular formula is C14H12Br2O4S2. The van der Waals surface area contributed by atoms with E-state index in [2.05, 4.69) is 31.9 Å². The maximum absolute atomic E-state index is 11.7. The molecule has 0 spiro atoms. The van der Waals surface area contributed by atoms with E-state index >= 15 is 0 Å². The predicted molar refractivity (Wildman–Crippen MR) is 96.5 cm³/mol. The Morgan fingerprint density at radius 3 is 1.55 bits per heavy atom. The van der Waals surface area contributed by atoms with Gasteiger partial charge in [0, 0.05) is 20.5 Å². The van der Waals surface area contributed by atoms with E-state index in [1.807, 2.05) is 13.8 Å². The molecule has 0 saturated carbocycles. The number of halogens is 2. The van der Waals surface area contributed by atoms with Gasteiger partial charge in [-0.2, -0.15) is 0 Å². The summed E-state index contributed by atoms with van der Waals surface area (Å²) in [5.74, 6) is 0.338. The van der Waals surface area contributed by atoms with Crippen LogP contribution in [0.2, 0.25) is 0 Å². The minimum Gasteiger partial charge on any atom is -0.423 e. The lowest BCUT2D eigenvalue weighted by atomic mass is 10.2. The minimum absolute atomic E-state index is 0.0471. The molecule has 2 unspecified atom stereocenters. The van der Waals surface area contributed by atoms with Crippen LogP contribution in [0.25, 0.3) is 0 Å². The van der Waals surface area contributed by atoms with Gasteiger partial charge in [0.15, 0.2) is 0 Å². The summed E-state index contributed by atoms with van der Waals surface area (Å²) in [5, 5.41) is -0.0942. The third kappa shape index (κ3) is 4.10. The highest BCUT2D eigenvalue weighted by molar-refractivity contribution is 9.11. The van der Waals surface area contributed by atoms with Crippen LogP contribution in [0.1, 0.15) is 13.8 Å². The maximum Gasteiger partial charge on any atom is 0.340 e. The summed E-state index contributed by atoms with van der Waals surface area (Å²) in [7, 11) is 3.04. The topological polar surface area (TPSA) is 52.6 Å². The molecule has 2 rings (SSSR count). The molecule has 0 radical (unpaired) electrons. The van der Waals surface area contributed by atoms with Crippen molar-refractivity contribution >= 4 is 65.4 Å². The van der Waals surface area contributed by atoms with E-state index in [4.69, 9.17) is 9.47 Å². The van der Waals surface area contributed by atoms with Gasteiger partial charge in [-0.1, -0.05) is 53.4 Å². The number of rotatable bonds is 5. The fourth-order valence-electron chi connectivity index (χ4n) is 1.76. The molecule has 4 nitrogen and oxygen atoms in total. The van der Waals surface area contributed by atoms with Crippen LogP contribution in [0, 0.1) is 0 Å². The molecule has 0 aliphatic carbocycles. The number of esters is 2. The molecule has 2 aliphatic heterocycles. The van der Waals surface area contributed by atoms with E-state index in [9.17, 15) is 9.59 Å². The molecule has 0 aromatic heterocycles. The van der Waals surface area contributed by atoms with E-state index in [0.29, 0.717) is 22.7 Å². The van der Waals surface area contributed by atoms with Crippen molar-refractivity contribution in [1.29, 1.82) is 0 Å². The van der Waals surface area contributed by atoms with Crippen LogP contribution in [0.4, 0.5) is 0 Å². The van der Waals surface area contributed by atoms with Gasteiger partial charge in [0.25, 0.3) is 0 Å². The van der Waals surface area contributed by atoms with Crippen LogP contribution in [-0.4, -0.2) is 22.4 Å². The van der Waals surface area contributed by atoms with Gasteiger partial charge in [0.2, 0.25) is 0 Å². The Hall–Kier alpha value is -0.440. The summed E-state index contributed by atoms with van der Waals surface area (Å²) in [5.41, 5.74) is 1.22. The molecule has 2 aliphatic rings. The number of allylic oxidation sites excluding steroid dienone is 2. The first-order valence-corrected chi connectivity index (χ1v) is 10.4. The number of hydrogen-bond donors (Lipinski definition) is 0. The molecule has 0 fully saturated rings. The quantitative estimate of drug-likeness (QED) is 0.435. The maximum atomic E-state index is 11.7. The number of carbonyl (C=O) groups excluding carboxylic acids is 2. The molecule has 8 heteroatoms. The fourth-order valence-corrected chi connectivity index (χ4v) is 4.70. The van der Waals surface area contributed by atoms with Crippen molar-refractivity contribution < 1.29 is 19.1 Å². The molecule has 2 atom stereocenters. The summed E-state index contributed by atoms with van der Waals surface area (Å²) >= 11 is 6.28. The van der Waals surface area contributed by atoms with Crippen LogP contribution in [0.15, 0.2) is 44.8 Å². The van der Waals surface area contributed by atoms with E-state index in [-0.39, 0.29) is 22.4 Å². The third-order valence-electron chi connectivity index (χ3n) is 2.92. The fraction of sp³-hybridized carbons (Fsp3) is 0.286. The molecule has 118 valence electrons. The van der Waals surface area contributed by atoms with Crippen molar-refractivity contribution in [3.8, 4) is 0 Å². The third-order valence-corrected chi connectivity index (χ3v) is 7.09. The van der Waals surface area contributed by atoms with Gasteiger partial charge in [0.05, 0.1) is 11.1 Å². The smallest absolute Gasteiger partial charge is 0.340 e. The Morgan fingerprint density at radius 2 is 1.27 bits per heavy atom. The summed E-state index contributed by atoms with van der Waals surface area (Å²) < 4.78 is 10.1. The Labute approximate surface area is 153 Å². The molecule has 2 heterocycles. The van der Waals surface area contributed by atoms with Crippen molar-refractivity contribution in [3.63, 3.8) is 0 Å². The summed E-state index contributed by atoms with van der Waals surface area (Å²) in [6.45, 7) is 3.86. The highest BCUT2D eigenvalue weighted by atomic mass is 79.9. The summed E-state index contributed by atoms with van der Waals surface area (Å²) in [6, 6.07) is 0. The normalized spacial score (nSPS) is 24.2. The minimum atomic E-state index is -0.331. The van der Waals surface area contributed by atoms with Crippen LogP contribution in [-0.2, 0) is 19.1 Å². The van der Waals surface area contributed by atoms with Crippen molar-refractivity contribution in [3.05, 3.63) is 44.8 Å². The Kier molecular flexibility index (Phi) is 6.43. The zero-order valence-electron chi connectivity index (χ0n) is 11.7. The molecule has 0 saturated heterocycles. The molecule has 0 aromatic rings. The van der Waals surface area contributed by atoms with Crippen molar-refractivity contribution in [2.75, 3.05) is 0 Å². The van der Waals surface area contributed by atoms with Gasteiger partial charge in [-0.15, -0.1) is 0 Å². The van der Waals surface area contributed by atoms with Crippen LogP contribution in [0.5, 0.6) is 0 Å². The zero-order valence-corrected chi connectivity index (χ0v) is 16.5. The lowest BCUT2D eigenvalue weighted by Gasteiger charge is -2.13. The number of cyclic esters (lactones) is 2. The Balaban J connectivity index is 1.96. The zero-order chi connectivity index (χ0) is 16.3. The SMILES string of the molecule is CC(SSC(C)C1=C/C(=C\Br)OC1=O)C1=C/C(=C\Br)OC1=O. The highest BCUT2D eigenvalue weighted by Crippen LogP contribution is 2.40. The second-order valence-electron chi connectivity index (χ2n) is 4.48. The first-order chi connectivity index (χ1) is 10.5. The van der Waals surface area contributed by atoms with Crippen LogP contribution in [0.3, 0.4) is 0 Å². The van der Waals surface area contributed by atoms with E-state index < -0.39 is 0 Å². The standard InChI is InChI=1S/C14H12Br2O4S2/c1-7(11-3-9(5-15)19-13(11)17)21-22-8(2)12-4-10(6-16)20-14(12)18/h3-8H,1-2H3/b9-5+,10-6+. The first kappa shape index (κ1) is 17.9. The van der Waals surface area contributed by atoms with E-state index in [1.54, 1.807) is 22.1 Å². The number of ether oxygens (including phenoxy) is 2. The molecule has 22 heavy (non-hydrogen) atoms. The average Bonchev–Trinajstić information content (AvgIpc) is 3.07. The van der Waals surface area contributed by atoms with Crippen molar-refractivity contribution in [2.24, 2.45) is 0 Å². The second kappa shape index (κ2) is 7.90. The summed E-state index contributed by atoms with van der Waals surface area (Å²) in [4.78, 5) is 26.6. The van der Waals surface area contributed by atoms with Gasteiger partial charge < -0.3 is 9.47 Å². The van der Waals surface area contributed by atoms with Crippen molar-refractivity contribution in [2.45, 2.75) is 24.3 Å². The molecular weight excluding hydrogens is 456 g/mol. The Bertz CT molecular complexity index is 568. The lowest BCUT2D eigenvalue weighted by molar-refractivity contribution is -0.134. The monoisotopic (exact) mass is 466 g/mol. The van der Waals surface area contributed by atoms with Gasteiger partial charge >= 0.3 is 11.9 Å². The average molecular weight is 468 g/mol. The first-order valence-electron chi connectivity index (χ1n) is 6.26. The van der Waals surface area contributed by atoms with E-state index in [1.165, 1.54) is 21.6 Å². The molecule has 0 amide bonds. The van der Waals surface area contributed by atoms with Crippen molar-refractivity contribution in [1.82, 2.24) is 0 Å². The largest absolute Gasteiger partial charge is 0.423 e. The molecule has 0 aromatic carbocycles. The number of hydrogen-bond acceptors (Lipinski definition) is 6. The predicted octanol–water partition coefficient (Wildman–Crippen LogP) is 4.58. The second-order valence-corrected chi connectivity index (χ2v) is 8.35. The van der Waals surface area contributed by atoms with Gasteiger partial charge in [-0.3, -0.25) is 0 Å². The number of carbonyl (C=O) groups is 2. The van der Waals surface area contributed by atoms with Gasteiger partial charge in [0.1, 0.15) is 11.5 Å².